The number of hydrogen-bond donors (Lipinski definition) is 0. The molecule has 2 aromatic carbocycles. The van der Waals surface area contributed by atoms with Gasteiger partial charge in [-0.25, -0.2) is 4.70 Å². The second kappa shape index (κ2) is 79.8. The molecule has 0 saturated heterocycles. The van der Waals surface area contributed by atoms with Crippen molar-refractivity contribution < 1.29 is 19.1 Å². The molecule has 0 spiro atoms. The van der Waals surface area contributed by atoms with E-state index in [4.69, 9.17) is 0 Å². The number of aryl methyl sites for hydroxylation is 2. The van der Waals surface area contributed by atoms with Crippen LogP contribution >= 0.6 is 0 Å². The summed E-state index contributed by atoms with van der Waals surface area (Å²) in [6.45, 7) is 16.1. The summed E-state index contributed by atoms with van der Waals surface area (Å²) in [6.07, 6.45) is 105. The summed E-state index contributed by atoms with van der Waals surface area (Å²) in [7, 11) is 0. The molecular formula is C104H182N2Ni. The van der Waals surface area contributed by atoms with Crippen LogP contribution in [0.3, 0.4) is 0 Å². The predicted octanol–water partition coefficient (Wildman–Crippen LogP) is 36.8. The first-order valence-electron chi connectivity index (χ1n) is 48.6. The van der Waals surface area contributed by atoms with E-state index in [9.17, 15) is 5.53 Å². The Hall–Kier alpha value is -2.87. The summed E-state index contributed by atoms with van der Waals surface area (Å²) in [5, 5.41) is 2.85. The standard InChI is InChI=1S/C86H144N2.2C9H19.Ni/c1-6-11-16-19-21-23-25-27-29-31-33-35-37-39-41-43-45-47-49-51-53-55-57-59-61-63-68-80-72-81(69-64-62-60-58-56-54-52-50-48-46-44-42-40-38-36-34-32-30-28-26-24-22-20-17-12-7-2)74-83(73-80)85-77-82(70-65-18-13-8-3)86(88(85)87)84-75-78(66-14-9-4)71-79(76-84)67-15-10-5;2*1-3-5-7-9-8-6-4-2;/h71-77H,6-62,65-67,70H2,1-5H3;2*1,3-9H2,2H3;. The molecule has 1 aliphatic heterocycles. The van der Waals surface area contributed by atoms with E-state index in [0.29, 0.717) is 0 Å². The number of rotatable bonds is 77. The van der Waals surface area contributed by atoms with Gasteiger partial charge in [0.1, 0.15) is 0 Å². The molecule has 0 saturated carbocycles. The monoisotopic (exact) mass is 1520 g/mol. The van der Waals surface area contributed by atoms with E-state index in [-0.39, 0.29) is 0 Å². The van der Waals surface area contributed by atoms with Gasteiger partial charge in [-0.05, 0) is 92.8 Å². The van der Waals surface area contributed by atoms with Crippen LogP contribution in [0.2, 0.25) is 10.8 Å². The quantitative estimate of drug-likeness (QED) is 0.0273. The Morgan fingerprint density at radius 1 is 0.252 bits per heavy atom. The van der Waals surface area contributed by atoms with Crippen molar-refractivity contribution in [3.8, 4) is 23.7 Å². The summed E-state index contributed by atoms with van der Waals surface area (Å²) in [4.78, 5) is 0. The molecule has 1 heterocycles. The van der Waals surface area contributed by atoms with Crippen molar-refractivity contribution in [2.24, 2.45) is 0 Å². The van der Waals surface area contributed by atoms with E-state index in [1.54, 1.807) is 0 Å². The maximum atomic E-state index is 12.4. The first-order chi connectivity index (χ1) is 53.0. The Morgan fingerprint density at radius 2 is 0.505 bits per heavy atom. The summed E-state index contributed by atoms with van der Waals surface area (Å²) >= 11 is 2.01. The topological polar surface area (TPSA) is 25.3 Å². The molecule has 0 unspecified atom stereocenters. The molecule has 0 aliphatic carbocycles. The minimum atomic E-state index is 0.858. The molecule has 0 radical (unpaired) electrons. The van der Waals surface area contributed by atoms with Crippen LogP contribution in [0.15, 0.2) is 48.0 Å². The van der Waals surface area contributed by atoms with Crippen LogP contribution in [0.4, 0.5) is 0 Å². The van der Waals surface area contributed by atoms with Gasteiger partial charge in [-0.3, -0.25) is 0 Å². The van der Waals surface area contributed by atoms with Gasteiger partial charge in [0, 0.05) is 46.7 Å². The molecule has 0 atom stereocenters. The summed E-state index contributed by atoms with van der Waals surface area (Å²) < 4.78 is 1.53. The molecule has 107 heavy (non-hydrogen) atoms. The van der Waals surface area contributed by atoms with Crippen LogP contribution in [-0.4, -0.2) is 4.70 Å². The van der Waals surface area contributed by atoms with Crippen molar-refractivity contribution >= 4 is 11.4 Å². The van der Waals surface area contributed by atoms with Crippen LogP contribution in [0.25, 0.3) is 16.9 Å². The number of hydrogen-bond acceptors (Lipinski definition) is 0. The minimum absolute atomic E-state index is 0.858. The molecule has 0 amide bonds. The second-order valence-electron chi connectivity index (χ2n) is 33.7. The number of unbranched alkanes of at least 4 members (excludes halogenated alkanes) is 65. The zero-order chi connectivity index (χ0) is 76.7. The molecule has 2 aromatic rings. The zero-order valence-corrected chi connectivity index (χ0v) is 74.2. The first-order valence-corrected chi connectivity index (χ1v) is 50.0. The van der Waals surface area contributed by atoms with Crippen LogP contribution in [0.5, 0.6) is 0 Å². The fourth-order valence-corrected chi connectivity index (χ4v) is 17.1. The summed E-state index contributed by atoms with van der Waals surface area (Å²) in [6, 6.07) is 13.8. The molecule has 1 aliphatic rings. The van der Waals surface area contributed by atoms with Crippen molar-refractivity contribution in [2.45, 2.75) is 541 Å². The predicted molar refractivity (Wildman–Crippen MR) is 479 cm³/mol. The third kappa shape index (κ3) is 61.3. The molecule has 3 heteroatoms. The average Bonchev–Trinajstić information content (AvgIpc) is 1.64. The third-order valence-corrected chi connectivity index (χ3v) is 24.4. The normalized spacial score (nSPS) is 12.1. The second-order valence-corrected chi connectivity index (χ2v) is 35.1. The average molecular weight is 1520 g/mol. The Bertz CT molecular complexity index is 2340. The molecule has 3 rings (SSSR count). The zero-order valence-electron chi connectivity index (χ0n) is 73.2. The Morgan fingerprint density at radius 3 is 0.785 bits per heavy atom. The third-order valence-electron chi connectivity index (χ3n) is 23.0. The van der Waals surface area contributed by atoms with E-state index in [1.165, 1.54) is 475 Å². The van der Waals surface area contributed by atoms with E-state index < -0.39 is 0 Å². The fourth-order valence-electron chi connectivity index (χ4n) is 15.9. The van der Waals surface area contributed by atoms with Crippen LogP contribution in [0.1, 0.15) is 551 Å². The van der Waals surface area contributed by atoms with Crippen molar-refractivity contribution in [3.05, 3.63) is 87.0 Å². The number of benzene rings is 2. The van der Waals surface area contributed by atoms with Gasteiger partial charge in [0.2, 0.25) is 11.4 Å². The summed E-state index contributed by atoms with van der Waals surface area (Å²) in [5.41, 5.74) is 22.5. The SMILES string of the molecule is CCCCCCCCCCCCCCCCCCCCCCCCCCC#Cc1cc(C#CCCCCCCCCCCCCCCCCCCCCCCCCCC)cc(C2=CC(CCCCCC)=C(c3cc(CCCC)cc(CCCC)c3)[N+]2=[N-])c1.CCCCCCCC[CH2][Ni][CH2]CCCCCCCC. The van der Waals surface area contributed by atoms with Crippen molar-refractivity contribution in [1.29, 1.82) is 0 Å². The van der Waals surface area contributed by atoms with Gasteiger partial charge in [-0.15, -0.1) is 0 Å². The number of allylic oxidation sites excluding steroid dienone is 2. The molecule has 2 nitrogen and oxygen atoms in total. The van der Waals surface area contributed by atoms with Crippen LogP contribution in [-0.2, 0) is 27.3 Å². The Balaban J connectivity index is 0.00000178. The molecule has 618 valence electrons. The maximum absolute atomic E-state index is 12.4. The first kappa shape index (κ1) is 100. The van der Waals surface area contributed by atoms with E-state index >= 15 is 0 Å². The van der Waals surface area contributed by atoms with Gasteiger partial charge in [-0.1, -0.05) is 392 Å². The van der Waals surface area contributed by atoms with E-state index in [0.717, 1.165) is 72.2 Å². The fraction of sp³-hybridized carbons (Fsp3) is 0.808. The van der Waals surface area contributed by atoms with E-state index in [2.05, 4.69) is 115 Å². The number of nitrogens with zero attached hydrogens (tertiary/aromatic N) is 2. The summed E-state index contributed by atoms with van der Waals surface area (Å²) in [5.74, 6) is 14.4. The Labute approximate surface area is 677 Å². The van der Waals surface area contributed by atoms with Gasteiger partial charge in [0.25, 0.3) is 0 Å². The van der Waals surface area contributed by atoms with Gasteiger partial charge in [0.15, 0.2) is 0 Å². The van der Waals surface area contributed by atoms with Crippen molar-refractivity contribution in [2.75, 3.05) is 0 Å². The molecular weight excluding hydrogens is 1340 g/mol. The van der Waals surface area contributed by atoms with Crippen LogP contribution in [0, 0.1) is 23.7 Å². The Kier molecular flexibility index (Phi) is 74.7. The van der Waals surface area contributed by atoms with Crippen molar-refractivity contribution in [3.63, 3.8) is 0 Å². The van der Waals surface area contributed by atoms with Gasteiger partial charge in [-0.2, -0.15) is 0 Å². The van der Waals surface area contributed by atoms with Crippen molar-refractivity contribution in [1.82, 2.24) is 0 Å². The molecule has 0 fully saturated rings. The molecule has 0 bridgehead atoms. The molecule has 0 aromatic heterocycles. The molecule has 0 N–H and O–H groups in total. The van der Waals surface area contributed by atoms with Crippen LogP contribution < -0.4 is 0 Å². The van der Waals surface area contributed by atoms with E-state index in [1.807, 2.05) is 14.4 Å². The van der Waals surface area contributed by atoms with Gasteiger partial charge in [0.05, 0.1) is 0 Å². The van der Waals surface area contributed by atoms with Gasteiger partial charge >= 0.3 is 129 Å². The van der Waals surface area contributed by atoms with Gasteiger partial charge < -0.3 is 5.53 Å².